The fourth-order valence-electron chi connectivity index (χ4n) is 3.16. The molecule has 3 aromatic rings. The van der Waals surface area contributed by atoms with E-state index in [2.05, 4.69) is 5.32 Å². The smallest absolute Gasteiger partial charge is 0.321 e. The standard InChI is InChI=1S/C22H24N2O4/c1-24(14-16-12-13-19(26-2)21(28-4)20(16)27-3)22(25)23-18-11-7-9-15-8-5-6-10-17(15)18/h5-13H,14H2,1-4H3,(H,23,25). The van der Waals surface area contributed by atoms with Gasteiger partial charge in [0, 0.05) is 18.0 Å². The maximum atomic E-state index is 12.8. The predicted molar refractivity (Wildman–Crippen MR) is 111 cm³/mol. The van der Waals surface area contributed by atoms with E-state index in [0.29, 0.717) is 23.8 Å². The van der Waals surface area contributed by atoms with E-state index < -0.39 is 0 Å². The Kier molecular flexibility index (Phi) is 5.89. The zero-order valence-corrected chi connectivity index (χ0v) is 16.5. The Labute approximate surface area is 164 Å². The Morgan fingerprint density at radius 2 is 1.61 bits per heavy atom. The van der Waals surface area contributed by atoms with E-state index in [1.807, 2.05) is 48.5 Å². The number of ether oxygens (including phenoxy) is 3. The zero-order chi connectivity index (χ0) is 20.1. The topological polar surface area (TPSA) is 60.0 Å². The summed E-state index contributed by atoms with van der Waals surface area (Å²) < 4.78 is 16.2. The number of carbonyl (C=O) groups is 1. The third-order valence-electron chi connectivity index (χ3n) is 4.57. The number of amides is 2. The number of anilines is 1. The quantitative estimate of drug-likeness (QED) is 0.683. The number of nitrogens with one attached hydrogen (secondary N) is 1. The molecule has 0 aliphatic carbocycles. The van der Waals surface area contributed by atoms with Crippen molar-refractivity contribution < 1.29 is 19.0 Å². The van der Waals surface area contributed by atoms with Crippen LogP contribution in [0.3, 0.4) is 0 Å². The SMILES string of the molecule is COc1ccc(CN(C)C(=O)Nc2cccc3ccccc23)c(OC)c1OC. The Morgan fingerprint density at radius 3 is 2.32 bits per heavy atom. The zero-order valence-electron chi connectivity index (χ0n) is 16.5. The van der Waals surface area contributed by atoms with Crippen LogP contribution in [0.1, 0.15) is 5.56 Å². The summed E-state index contributed by atoms with van der Waals surface area (Å²) in [5.74, 6) is 1.63. The van der Waals surface area contributed by atoms with Gasteiger partial charge in [-0.2, -0.15) is 0 Å². The predicted octanol–water partition coefficient (Wildman–Crippen LogP) is 4.53. The minimum Gasteiger partial charge on any atom is -0.493 e. The summed E-state index contributed by atoms with van der Waals surface area (Å²) in [5, 5.41) is 5.05. The summed E-state index contributed by atoms with van der Waals surface area (Å²) >= 11 is 0. The lowest BCUT2D eigenvalue weighted by atomic mass is 10.1. The van der Waals surface area contributed by atoms with Crippen LogP contribution in [0.5, 0.6) is 17.2 Å². The number of hydrogen-bond acceptors (Lipinski definition) is 4. The third-order valence-corrected chi connectivity index (χ3v) is 4.57. The summed E-state index contributed by atoms with van der Waals surface area (Å²) in [6.45, 7) is 0.347. The van der Waals surface area contributed by atoms with Crippen molar-refractivity contribution in [1.29, 1.82) is 0 Å². The minimum atomic E-state index is -0.215. The van der Waals surface area contributed by atoms with Crippen LogP contribution in [0.25, 0.3) is 10.8 Å². The molecule has 28 heavy (non-hydrogen) atoms. The van der Waals surface area contributed by atoms with Gasteiger partial charge in [0.1, 0.15) is 0 Å². The highest BCUT2D eigenvalue weighted by molar-refractivity contribution is 6.01. The molecule has 0 radical (unpaired) electrons. The molecule has 0 aliphatic heterocycles. The largest absolute Gasteiger partial charge is 0.493 e. The average molecular weight is 380 g/mol. The molecular weight excluding hydrogens is 356 g/mol. The maximum Gasteiger partial charge on any atom is 0.321 e. The second-order valence-corrected chi connectivity index (χ2v) is 6.31. The molecule has 0 saturated heterocycles. The van der Waals surface area contributed by atoms with Crippen molar-refractivity contribution in [3.05, 3.63) is 60.2 Å². The number of fused-ring (bicyclic) bond motifs is 1. The van der Waals surface area contributed by atoms with Gasteiger partial charge in [0.2, 0.25) is 5.75 Å². The second kappa shape index (κ2) is 8.52. The molecule has 3 aromatic carbocycles. The first-order chi connectivity index (χ1) is 13.6. The molecule has 146 valence electrons. The van der Waals surface area contributed by atoms with Gasteiger partial charge in [-0.05, 0) is 23.6 Å². The molecule has 6 nitrogen and oxygen atoms in total. The fraction of sp³-hybridized carbons (Fsp3) is 0.227. The van der Waals surface area contributed by atoms with Crippen molar-refractivity contribution in [2.75, 3.05) is 33.7 Å². The van der Waals surface area contributed by atoms with E-state index in [4.69, 9.17) is 14.2 Å². The van der Waals surface area contributed by atoms with Gasteiger partial charge in [-0.1, -0.05) is 36.4 Å². The van der Waals surface area contributed by atoms with Gasteiger partial charge in [-0.15, -0.1) is 0 Å². The van der Waals surface area contributed by atoms with Crippen LogP contribution < -0.4 is 19.5 Å². The highest BCUT2D eigenvalue weighted by Crippen LogP contribution is 2.40. The van der Waals surface area contributed by atoms with E-state index in [-0.39, 0.29) is 6.03 Å². The van der Waals surface area contributed by atoms with Crippen LogP contribution >= 0.6 is 0 Å². The number of benzene rings is 3. The normalized spacial score (nSPS) is 10.4. The van der Waals surface area contributed by atoms with Crippen LogP contribution in [0.4, 0.5) is 10.5 Å². The summed E-state index contributed by atoms with van der Waals surface area (Å²) in [6, 6.07) is 17.2. The number of hydrogen-bond donors (Lipinski definition) is 1. The molecule has 0 unspecified atom stereocenters. The first-order valence-electron chi connectivity index (χ1n) is 8.86. The molecule has 3 rings (SSSR count). The van der Waals surface area contributed by atoms with Crippen molar-refractivity contribution in [3.63, 3.8) is 0 Å². The van der Waals surface area contributed by atoms with Gasteiger partial charge in [0.15, 0.2) is 11.5 Å². The van der Waals surface area contributed by atoms with Crippen molar-refractivity contribution in [3.8, 4) is 17.2 Å². The highest BCUT2D eigenvalue weighted by Gasteiger charge is 2.19. The lowest BCUT2D eigenvalue weighted by molar-refractivity contribution is 0.220. The molecule has 0 atom stereocenters. The third kappa shape index (κ3) is 3.81. The number of rotatable bonds is 6. The van der Waals surface area contributed by atoms with Gasteiger partial charge in [-0.25, -0.2) is 4.79 Å². The van der Waals surface area contributed by atoms with Crippen molar-refractivity contribution in [2.45, 2.75) is 6.54 Å². The number of urea groups is 1. The van der Waals surface area contributed by atoms with E-state index in [9.17, 15) is 4.79 Å². The minimum absolute atomic E-state index is 0.215. The Balaban J connectivity index is 1.81. The fourth-order valence-corrected chi connectivity index (χ4v) is 3.16. The summed E-state index contributed by atoms with van der Waals surface area (Å²) in [7, 11) is 6.43. The van der Waals surface area contributed by atoms with Gasteiger partial charge in [-0.3, -0.25) is 0 Å². The second-order valence-electron chi connectivity index (χ2n) is 6.31. The number of carbonyl (C=O) groups excluding carboxylic acids is 1. The molecule has 0 aromatic heterocycles. The molecule has 0 spiro atoms. The molecular formula is C22H24N2O4. The molecule has 0 aliphatic rings. The lowest BCUT2D eigenvalue weighted by Crippen LogP contribution is -2.31. The molecule has 0 bridgehead atoms. The van der Waals surface area contributed by atoms with Crippen LogP contribution in [0.2, 0.25) is 0 Å². The van der Waals surface area contributed by atoms with Crippen LogP contribution in [0, 0.1) is 0 Å². The van der Waals surface area contributed by atoms with E-state index >= 15 is 0 Å². The van der Waals surface area contributed by atoms with Gasteiger partial charge < -0.3 is 24.4 Å². The maximum absolute atomic E-state index is 12.8. The Bertz CT molecular complexity index is 982. The van der Waals surface area contributed by atoms with Crippen LogP contribution in [-0.4, -0.2) is 39.3 Å². The first-order valence-corrected chi connectivity index (χ1v) is 8.86. The van der Waals surface area contributed by atoms with E-state index in [1.165, 1.54) is 0 Å². The first kappa shape index (κ1) is 19.4. The number of methoxy groups -OCH3 is 3. The molecule has 1 N–H and O–H groups in total. The monoisotopic (exact) mass is 380 g/mol. The number of nitrogens with zero attached hydrogens (tertiary/aromatic N) is 1. The van der Waals surface area contributed by atoms with E-state index in [1.54, 1.807) is 39.3 Å². The van der Waals surface area contributed by atoms with Gasteiger partial charge in [0.25, 0.3) is 0 Å². The summed E-state index contributed by atoms with van der Waals surface area (Å²) in [5.41, 5.74) is 1.59. The molecule has 2 amide bonds. The van der Waals surface area contributed by atoms with Crippen molar-refractivity contribution >= 4 is 22.5 Å². The molecule has 0 heterocycles. The Hall–Kier alpha value is -3.41. The molecule has 0 saturated carbocycles. The van der Waals surface area contributed by atoms with Crippen LogP contribution in [-0.2, 0) is 6.54 Å². The van der Waals surface area contributed by atoms with Crippen molar-refractivity contribution in [1.82, 2.24) is 4.90 Å². The Morgan fingerprint density at radius 1 is 0.893 bits per heavy atom. The van der Waals surface area contributed by atoms with Crippen molar-refractivity contribution in [2.24, 2.45) is 0 Å². The summed E-state index contributed by atoms with van der Waals surface area (Å²) in [4.78, 5) is 14.3. The lowest BCUT2D eigenvalue weighted by Gasteiger charge is -2.21. The van der Waals surface area contributed by atoms with E-state index in [0.717, 1.165) is 22.0 Å². The highest BCUT2D eigenvalue weighted by atomic mass is 16.5. The average Bonchev–Trinajstić information content (AvgIpc) is 2.73. The molecule has 0 fully saturated rings. The van der Waals surface area contributed by atoms with Crippen LogP contribution in [0.15, 0.2) is 54.6 Å². The van der Waals surface area contributed by atoms with Gasteiger partial charge in [0.05, 0.1) is 33.6 Å². The molecule has 6 heteroatoms. The summed E-state index contributed by atoms with van der Waals surface area (Å²) in [6.07, 6.45) is 0. The van der Waals surface area contributed by atoms with Gasteiger partial charge >= 0.3 is 6.03 Å².